The van der Waals surface area contributed by atoms with Gasteiger partial charge in [0.15, 0.2) is 0 Å². The van der Waals surface area contributed by atoms with E-state index in [0.717, 1.165) is 0 Å². The van der Waals surface area contributed by atoms with Crippen molar-refractivity contribution in [1.82, 2.24) is 0 Å². The van der Waals surface area contributed by atoms with Crippen LogP contribution >= 0.6 is 62.2 Å². The quantitative estimate of drug-likeness (QED) is 0.225. The average Bonchev–Trinajstić information content (AvgIpc) is 2.76. The first-order chi connectivity index (χ1) is 9.91. The van der Waals surface area contributed by atoms with Gasteiger partial charge in [0.25, 0.3) is 0 Å². The van der Waals surface area contributed by atoms with Gasteiger partial charge in [0, 0.05) is 6.42 Å². The number of benzene rings is 2. The van der Waals surface area contributed by atoms with E-state index in [1.807, 2.05) is 0 Å². The summed E-state index contributed by atoms with van der Waals surface area (Å²) in [6, 6.07) is 17.0. The van der Waals surface area contributed by atoms with Crippen molar-refractivity contribution >= 4 is 62.2 Å². The van der Waals surface area contributed by atoms with Gasteiger partial charge in [0.2, 0.25) is 0 Å². The summed E-state index contributed by atoms with van der Waals surface area (Å²) in [6.07, 6.45) is 2.24. The Bertz CT molecular complexity index is 513. The summed E-state index contributed by atoms with van der Waals surface area (Å²) in [4.78, 5) is 0. The Hall–Kier alpha value is 2.52. The van der Waals surface area contributed by atoms with E-state index in [2.05, 4.69) is 91.6 Å². The second kappa shape index (κ2) is 12.0. The molecule has 0 N–H and O–H groups in total. The molecule has 0 bridgehead atoms. The molecule has 0 amide bonds. The molecule has 0 unspecified atom stereocenters. The SMILES string of the molecule is [Br][Zr]([Br])[Br].[CH]1c2ccccc2-c2ccccc21.[Cl][Zr]([Cl])[Cl]. The molecular weight excluding hydrogens is 685 g/mol. The van der Waals surface area contributed by atoms with Crippen molar-refractivity contribution in [1.29, 1.82) is 0 Å². The number of hydrogen-bond donors (Lipinski definition) is 0. The van der Waals surface area contributed by atoms with Gasteiger partial charge in [-0.25, -0.2) is 0 Å². The van der Waals surface area contributed by atoms with Crippen LogP contribution in [0.15, 0.2) is 48.5 Å². The predicted molar refractivity (Wildman–Crippen MR) is 98.7 cm³/mol. The Morgan fingerprint density at radius 3 is 1.29 bits per heavy atom. The zero-order valence-corrected chi connectivity index (χ0v) is 22.4. The Morgan fingerprint density at radius 1 is 0.667 bits per heavy atom. The van der Waals surface area contributed by atoms with E-state index in [4.69, 9.17) is 25.5 Å². The molecule has 0 saturated heterocycles. The molecule has 1 aliphatic carbocycles. The van der Waals surface area contributed by atoms with Crippen LogP contribution in [-0.2, 0) is 32.9 Å². The molecule has 21 heavy (non-hydrogen) atoms. The molecule has 0 fully saturated rings. The molecular formula is C13H9Br3Cl3Zr2. The van der Waals surface area contributed by atoms with Gasteiger partial charge in [0.05, 0.1) is 0 Å². The first kappa shape index (κ1) is 21.6. The molecule has 2 aromatic carbocycles. The van der Waals surface area contributed by atoms with Gasteiger partial charge in [-0.05, 0) is 22.3 Å². The van der Waals surface area contributed by atoms with Crippen LogP contribution < -0.4 is 0 Å². The van der Waals surface area contributed by atoms with E-state index >= 15 is 0 Å². The van der Waals surface area contributed by atoms with E-state index in [1.54, 1.807) is 0 Å². The normalized spacial score (nSPS) is 10.2. The van der Waals surface area contributed by atoms with Crippen LogP contribution in [-0.4, -0.2) is 0 Å². The van der Waals surface area contributed by atoms with Crippen molar-refractivity contribution in [2.24, 2.45) is 0 Å². The van der Waals surface area contributed by atoms with Gasteiger partial charge in [-0.2, -0.15) is 0 Å². The molecule has 8 heteroatoms. The van der Waals surface area contributed by atoms with Crippen LogP contribution in [0.1, 0.15) is 11.1 Å². The van der Waals surface area contributed by atoms with E-state index < -0.39 is 32.9 Å². The summed E-state index contributed by atoms with van der Waals surface area (Å²) < 4.78 is 0. The Labute approximate surface area is 169 Å². The van der Waals surface area contributed by atoms with Crippen LogP contribution in [0.2, 0.25) is 0 Å². The third kappa shape index (κ3) is 8.96. The number of hydrogen-bond acceptors (Lipinski definition) is 0. The molecule has 0 aliphatic heterocycles. The Morgan fingerprint density at radius 2 is 0.952 bits per heavy atom. The minimum atomic E-state index is -2.13. The molecule has 0 atom stereocenters. The fourth-order valence-electron chi connectivity index (χ4n) is 1.90. The third-order valence-electron chi connectivity index (χ3n) is 2.52. The van der Waals surface area contributed by atoms with Gasteiger partial charge in [-0.3, -0.25) is 0 Å². The summed E-state index contributed by atoms with van der Waals surface area (Å²) in [5.74, 6) is 0. The van der Waals surface area contributed by atoms with Crippen molar-refractivity contribution < 1.29 is 32.9 Å². The average molecular weight is 694 g/mol. The predicted octanol–water partition coefficient (Wildman–Crippen LogP) is 7.87. The second-order valence-corrected chi connectivity index (χ2v) is 49.0. The molecule has 0 heterocycles. The van der Waals surface area contributed by atoms with Crippen molar-refractivity contribution in [2.75, 3.05) is 0 Å². The fourth-order valence-corrected chi connectivity index (χ4v) is 1.90. The molecule has 1 aliphatic rings. The van der Waals surface area contributed by atoms with Crippen molar-refractivity contribution in [3.8, 4) is 11.1 Å². The fraction of sp³-hybridized carbons (Fsp3) is 0. The second-order valence-electron chi connectivity index (χ2n) is 3.75. The van der Waals surface area contributed by atoms with E-state index in [0.29, 0.717) is 0 Å². The summed E-state index contributed by atoms with van der Waals surface area (Å²) in [7, 11) is 15.0. The van der Waals surface area contributed by atoms with Gasteiger partial charge >= 0.3 is 95.1 Å². The summed E-state index contributed by atoms with van der Waals surface area (Å²) in [5, 5.41) is 0. The zero-order chi connectivity index (χ0) is 15.8. The molecule has 2 aromatic rings. The van der Waals surface area contributed by atoms with E-state index in [-0.39, 0.29) is 0 Å². The molecule has 0 saturated carbocycles. The van der Waals surface area contributed by atoms with E-state index in [9.17, 15) is 0 Å². The monoisotopic (exact) mass is 687 g/mol. The Balaban J connectivity index is 0.000000234. The molecule has 3 rings (SSSR count). The molecule has 1 radical (unpaired) electrons. The maximum atomic E-state index is 5.00. The molecule has 0 aromatic heterocycles. The van der Waals surface area contributed by atoms with Crippen LogP contribution in [0.5, 0.6) is 0 Å². The van der Waals surface area contributed by atoms with Crippen LogP contribution in [0.4, 0.5) is 0 Å². The summed E-state index contributed by atoms with van der Waals surface area (Å²) in [6.45, 7) is 0. The Kier molecular flexibility index (Phi) is 12.3. The van der Waals surface area contributed by atoms with Crippen molar-refractivity contribution in [3.63, 3.8) is 0 Å². The number of fused-ring (bicyclic) bond motifs is 3. The van der Waals surface area contributed by atoms with Crippen LogP contribution in [0, 0.1) is 6.42 Å². The summed E-state index contributed by atoms with van der Waals surface area (Å²) >= 11 is 6.67. The van der Waals surface area contributed by atoms with E-state index in [1.165, 1.54) is 22.3 Å². The molecule has 0 nitrogen and oxygen atoms in total. The van der Waals surface area contributed by atoms with Gasteiger partial charge in [0.1, 0.15) is 0 Å². The first-order valence-corrected chi connectivity index (χ1v) is 32.0. The number of rotatable bonds is 0. The summed E-state index contributed by atoms with van der Waals surface area (Å²) in [5.41, 5.74) is 5.39. The minimum absolute atomic E-state index is 1.11. The van der Waals surface area contributed by atoms with Gasteiger partial charge in [-0.15, -0.1) is 0 Å². The van der Waals surface area contributed by atoms with Crippen molar-refractivity contribution in [3.05, 3.63) is 66.1 Å². The zero-order valence-electron chi connectivity index (χ0n) is 10.5. The third-order valence-corrected chi connectivity index (χ3v) is 2.52. The van der Waals surface area contributed by atoms with Gasteiger partial charge in [-0.1, -0.05) is 48.5 Å². The van der Waals surface area contributed by atoms with Crippen LogP contribution in [0.25, 0.3) is 11.1 Å². The molecule has 111 valence electrons. The topological polar surface area (TPSA) is 0 Å². The first-order valence-electron chi connectivity index (χ1n) is 5.62. The van der Waals surface area contributed by atoms with Crippen LogP contribution in [0.3, 0.4) is 0 Å². The van der Waals surface area contributed by atoms with Crippen molar-refractivity contribution in [2.45, 2.75) is 0 Å². The standard InChI is InChI=1S/C13H9.3BrH.3ClH.2Zr/c1-3-7-12-10(5-1)9-11-6-2-4-8-13(11)12;;;;;;;;/h1-9H;6*1H;;/q;;;;;;;2*+3/p-6. The number of halogens is 6. The molecule has 0 spiro atoms. The van der Waals surface area contributed by atoms with Gasteiger partial charge < -0.3 is 0 Å². The maximum absolute atomic E-state index is 5.00.